The van der Waals surface area contributed by atoms with Crippen molar-refractivity contribution in [2.24, 2.45) is 0 Å². The summed E-state index contributed by atoms with van der Waals surface area (Å²) in [6, 6.07) is 6.11. The van der Waals surface area contributed by atoms with Crippen molar-refractivity contribution in [2.45, 2.75) is 52.1 Å². The van der Waals surface area contributed by atoms with E-state index < -0.39 is 17.6 Å². The summed E-state index contributed by atoms with van der Waals surface area (Å²) in [6.45, 7) is 7.29. The quantitative estimate of drug-likeness (QED) is 0.751. The number of benzene rings is 1. The first-order valence-corrected chi connectivity index (χ1v) is 8.08. The van der Waals surface area contributed by atoms with Crippen LogP contribution in [0.2, 0.25) is 5.02 Å². The number of hydrogen-bond acceptors (Lipinski definition) is 3. The minimum atomic E-state index is -1.54. The molecule has 0 saturated heterocycles. The Hall–Kier alpha value is -1.75. The zero-order valence-electron chi connectivity index (χ0n) is 14.0. The van der Waals surface area contributed by atoms with E-state index in [2.05, 4.69) is 0 Å². The summed E-state index contributed by atoms with van der Waals surface area (Å²) in [5, 5.41) is 10.3. The van der Waals surface area contributed by atoms with Crippen LogP contribution in [0.3, 0.4) is 0 Å². The lowest BCUT2D eigenvalue weighted by molar-refractivity contribution is -0.151. The molecule has 1 aromatic rings. The van der Waals surface area contributed by atoms with E-state index in [9.17, 15) is 14.7 Å². The maximum Gasteiger partial charge on any atom is 0.411 e. The van der Waals surface area contributed by atoms with Gasteiger partial charge in [0.05, 0.1) is 6.61 Å². The smallest absolute Gasteiger partial charge is 0.411 e. The molecule has 0 aromatic heterocycles. The lowest BCUT2D eigenvalue weighted by atomic mass is 9.89. The molecule has 0 heterocycles. The molecule has 1 unspecified atom stereocenters. The number of unbranched alkanes of at least 4 members (excludes halogenated alkanes) is 1. The van der Waals surface area contributed by atoms with Crippen LogP contribution in [0.1, 0.15) is 46.1 Å². The first-order chi connectivity index (χ1) is 10.7. The zero-order chi connectivity index (χ0) is 17.6. The third-order valence-corrected chi connectivity index (χ3v) is 3.99. The van der Waals surface area contributed by atoms with Gasteiger partial charge in [0.15, 0.2) is 5.54 Å². The zero-order valence-corrected chi connectivity index (χ0v) is 14.8. The summed E-state index contributed by atoms with van der Waals surface area (Å²) in [6.07, 6.45) is 0.999. The van der Waals surface area contributed by atoms with E-state index in [1.54, 1.807) is 38.1 Å². The van der Waals surface area contributed by atoms with E-state index in [0.29, 0.717) is 10.6 Å². The van der Waals surface area contributed by atoms with Gasteiger partial charge in [-0.25, -0.2) is 9.59 Å². The molecule has 1 amide bonds. The van der Waals surface area contributed by atoms with Gasteiger partial charge in [0.1, 0.15) is 0 Å². The Bertz CT molecular complexity index is 544. The first kappa shape index (κ1) is 19.3. The number of aliphatic carboxylic acids is 1. The van der Waals surface area contributed by atoms with Gasteiger partial charge < -0.3 is 9.84 Å². The van der Waals surface area contributed by atoms with E-state index >= 15 is 0 Å². The number of carboxylic acids is 1. The highest BCUT2D eigenvalue weighted by atomic mass is 35.5. The van der Waals surface area contributed by atoms with Crippen LogP contribution in [0.25, 0.3) is 0 Å². The summed E-state index contributed by atoms with van der Waals surface area (Å²) in [5.41, 5.74) is -1.07. The van der Waals surface area contributed by atoms with E-state index in [1.807, 2.05) is 6.92 Å². The average molecular weight is 342 g/mol. The van der Waals surface area contributed by atoms with Crippen LogP contribution < -0.4 is 0 Å². The Labute approximate surface area is 142 Å². The summed E-state index contributed by atoms with van der Waals surface area (Å²) in [7, 11) is 0. The number of amides is 1. The molecule has 0 saturated carbocycles. The molecule has 0 aliphatic rings. The molecule has 0 bridgehead atoms. The summed E-state index contributed by atoms with van der Waals surface area (Å²) < 4.78 is 5.25. The van der Waals surface area contributed by atoms with Crippen molar-refractivity contribution in [3.63, 3.8) is 0 Å². The summed E-state index contributed by atoms with van der Waals surface area (Å²) >= 11 is 5.88. The SMILES string of the molecule is CCCCOC(=O)N(C(C)C)C(C)(C(=O)O)c1ccc(Cl)cc1. The highest BCUT2D eigenvalue weighted by molar-refractivity contribution is 6.30. The molecule has 1 aromatic carbocycles. The average Bonchev–Trinajstić information content (AvgIpc) is 2.47. The topological polar surface area (TPSA) is 66.8 Å². The molecule has 6 heteroatoms. The van der Waals surface area contributed by atoms with Crippen molar-refractivity contribution in [1.29, 1.82) is 0 Å². The largest absolute Gasteiger partial charge is 0.479 e. The highest BCUT2D eigenvalue weighted by Crippen LogP contribution is 2.32. The highest BCUT2D eigenvalue weighted by Gasteiger charge is 2.46. The van der Waals surface area contributed by atoms with Gasteiger partial charge in [0.25, 0.3) is 0 Å². The van der Waals surface area contributed by atoms with Crippen LogP contribution >= 0.6 is 11.6 Å². The fourth-order valence-corrected chi connectivity index (χ4v) is 2.55. The molecule has 23 heavy (non-hydrogen) atoms. The predicted molar refractivity (Wildman–Crippen MR) is 89.7 cm³/mol. The van der Waals surface area contributed by atoms with Crippen molar-refractivity contribution < 1.29 is 19.4 Å². The maximum absolute atomic E-state index is 12.5. The molecule has 0 radical (unpaired) electrons. The van der Waals surface area contributed by atoms with Crippen molar-refractivity contribution >= 4 is 23.7 Å². The van der Waals surface area contributed by atoms with Crippen LogP contribution in [0.4, 0.5) is 4.79 Å². The number of carbonyl (C=O) groups is 2. The molecular weight excluding hydrogens is 318 g/mol. The van der Waals surface area contributed by atoms with Crippen LogP contribution in [0, 0.1) is 0 Å². The van der Waals surface area contributed by atoms with Gasteiger partial charge in [0.2, 0.25) is 0 Å². The lowest BCUT2D eigenvalue weighted by Crippen LogP contribution is -2.55. The number of nitrogens with zero attached hydrogens (tertiary/aromatic N) is 1. The van der Waals surface area contributed by atoms with Gasteiger partial charge in [0, 0.05) is 11.1 Å². The van der Waals surface area contributed by atoms with Crippen molar-refractivity contribution in [3.8, 4) is 0 Å². The van der Waals surface area contributed by atoms with E-state index in [1.165, 1.54) is 11.8 Å². The van der Waals surface area contributed by atoms with Gasteiger partial charge >= 0.3 is 12.1 Å². The van der Waals surface area contributed by atoms with Gasteiger partial charge in [-0.1, -0.05) is 37.1 Å². The third-order valence-electron chi connectivity index (χ3n) is 3.74. The molecule has 0 aliphatic carbocycles. The predicted octanol–water partition coefficient (Wildman–Crippen LogP) is 4.29. The third kappa shape index (κ3) is 4.38. The van der Waals surface area contributed by atoms with Crippen molar-refractivity contribution in [2.75, 3.05) is 6.61 Å². The second-order valence-electron chi connectivity index (χ2n) is 5.82. The molecule has 5 nitrogen and oxygen atoms in total. The number of halogens is 1. The standard InChI is InChI=1S/C17H24ClNO4/c1-5-6-11-23-16(22)19(12(2)3)17(4,15(20)21)13-7-9-14(18)10-8-13/h7-10,12H,5-6,11H2,1-4H3,(H,20,21). The van der Waals surface area contributed by atoms with Gasteiger partial charge in [-0.15, -0.1) is 0 Å². The maximum atomic E-state index is 12.5. The fourth-order valence-electron chi connectivity index (χ4n) is 2.42. The molecule has 0 aliphatic heterocycles. The molecule has 0 fully saturated rings. The Morgan fingerprint density at radius 2 is 1.87 bits per heavy atom. The molecule has 1 atom stereocenters. The Balaban J connectivity index is 3.23. The number of rotatable bonds is 7. The second-order valence-corrected chi connectivity index (χ2v) is 6.25. The molecular formula is C17H24ClNO4. The van der Waals surface area contributed by atoms with Gasteiger partial charge in [-0.2, -0.15) is 0 Å². The molecule has 128 valence electrons. The molecule has 1 rings (SSSR count). The van der Waals surface area contributed by atoms with E-state index in [4.69, 9.17) is 16.3 Å². The molecule has 0 spiro atoms. The van der Waals surface area contributed by atoms with Gasteiger partial charge in [-0.3, -0.25) is 4.90 Å². The summed E-state index contributed by atoms with van der Waals surface area (Å²) in [4.78, 5) is 25.7. The van der Waals surface area contributed by atoms with Crippen LogP contribution in [-0.4, -0.2) is 34.7 Å². The normalized spacial score (nSPS) is 13.5. The number of carbonyl (C=O) groups excluding carboxylic acids is 1. The minimum absolute atomic E-state index is 0.273. The van der Waals surface area contributed by atoms with E-state index in [-0.39, 0.29) is 12.6 Å². The fraction of sp³-hybridized carbons (Fsp3) is 0.529. The van der Waals surface area contributed by atoms with Crippen molar-refractivity contribution in [1.82, 2.24) is 4.90 Å². The van der Waals surface area contributed by atoms with Crippen LogP contribution in [0.15, 0.2) is 24.3 Å². The van der Waals surface area contributed by atoms with Crippen LogP contribution in [0.5, 0.6) is 0 Å². The second kappa shape index (κ2) is 8.20. The monoisotopic (exact) mass is 341 g/mol. The van der Waals surface area contributed by atoms with E-state index in [0.717, 1.165) is 12.8 Å². The Morgan fingerprint density at radius 3 is 2.30 bits per heavy atom. The number of hydrogen-bond donors (Lipinski definition) is 1. The van der Waals surface area contributed by atoms with Gasteiger partial charge in [-0.05, 0) is 44.9 Å². The molecule has 1 N–H and O–H groups in total. The Kier molecular flexibility index (Phi) is 6.88. The van der Waals surface area contributed by atoms with Crippen LogP contribution in [-0.2, 0) is 15.1 Å². The number of carboxylic acid groups (broad SMARTS) is 1. The first-order valence-electron chi connectivity index (χ1n) is 7.70. The lowest BCUT2D eigenvalue weighted by Gasteiger charge is -2.40. The summed E-state index contributed by atoms with van der Waals surface area (Å²) in [5.74, 6) is -1.12. The minimum Gasteiger partial charge on any atom is -0.479 e. The number of ether oxygens (including phenoxy) is 1. The van der Waals surface area contributed by atoms with Crippen molar-refractivity contribution in [3.05, 3.63) is 34.9 Å². The Morgan fingerprint density at radius 1 is 1.30 bits per heavy atom.